The average Bonchev–Trinajstić information content (AvgIpc) is 3.42. The lowest BCUT2D eigenvalue weighted by Crippen LogP contribution is -2.34. The summed E-state index contributed by atoms with van der Waals surface area (Å²) in [4.78, 5) is 30.1. The minimum atomic E-state index is -0.226. The predicted molar refractivity (Wildman–Crippen MR) is 121 cm³/mol. The highest BCUT2D eigenvalue weighted by molar-refractivity contribution is 8.00. The van der Waals surface area contributed by atoms with Crippen LogP contribution in [0.25, 0.3) is 16.9 Å². The number of methoxy groups -OCH3 is 1. The second kappa shape index (κ2) is 8.53. The molecule has 1 fully saturated rings. The van der Waals surface area contributed by atoms with Crippen molar-refractivity contribution < 1.29 is 14.3 Å². The van der Waals surface area contributed by atoms with E-state index in [1.54, 1.807) is 12.0 Å². The van der Waals surface area contributed by atoms with Gasteiger partial charge >= 0.3 is 0 Å². The highest BCUT2D eigenvalue weighted by atomic mass is 32.2. The van der Waals surface area contributed by atoms with Crippen LogP contribution < -0.4 is 10.1 Å². The summed E-state index contributed by atoms with van der Waals surface area (Å²) in [7, 11) is 1.65. The third-order valence-electron chi connectivity index (χ3n) is 4.95. The molecule has 1 aliphatic heterocycles. The maximum Gasteiger partial charge on any atom is 0.245 e. The van der Waals surface area contributed by atoms with Crippen molar-refractivity contribution in [1.29, 1.82) is 0 Å². The monoisotopic (exact) mass is 442 g/mol. The van der Waals surface area contributed by atoms with E-state index in [2.05, 4.69) is 34.8 Å². The molecule has 30 heavy (non-hydrogen) atoms. The summed E-state index contributed by atoms with van der Waals surface area (Å²) in [5.41, 5.74) is 5.05. The summed E-state index contributed by atoms with van der Waals surface area (Å²) < 4.78 is 7.42. The number of aryl methyl sites for hydroxylation is 1. The lowest BCUT2D eigenvalue weighted by Gasteiger charge is -2.13. The van der Waals surface area contributed by atoms with Crippen molar-refractivity contribution in [2.24, 2.45) is 0 Å². The van der Waals surface area contributed by atoms with Crippen LogP contribution in [-0.4, -0.2) is 51.5 Å². The van der Waals surface area contributed by atoms with E-state index in [1.807, 2.05) is 29.6 Å². The molecule has 0 bridgehead atoms. The molecule has 0 saturated carbocycles. The van der Waals surface area contributed by atoms with Gasteiger partial charge in [-0.2, -0.15) is 0 Å². The van der Waals surface area contributed by atoms with Gasteiger partial charge in [0.15, 0.2) is 5.13 Å². The van der Waals surface area contributed by atoms with Gasteiger partial charge < -0.3 is 19.5 Å². The number of aromatic nitrogens is 2. The van der Waals surface area contributed by atoms with Crippen molar-refractivity contribution in [2.45, 2.75) is 13.8 Å². The van der Waals surface area contributed by atoms with Gasteiger partial charge in [0.05, 0.1) is 24.4 Å². The number of hydrogen-bond acceptors (Lipinski definition) is 6. The topological polar surface area (TPSA) is 76.5 Å². The number of thioether (sulfide) groups is 1. The van der Waals surface area contributed by atoms with Gasteiger partial charge in [-0.3, -0.25) is 9.59 Å². The zero-order valence-corrected chi connectivity index (χ0v) is 18.6. The SMILES string of the molecule is COc1ccc(-n2c(C)cc(-c3csc(NC(=O)CN4CSCC4=O)n3)c2C)cc1. The molecule has 0 aliphatic carbocycles. The van der Waals surface area contributed by atoms with Gasteiger partial charge in [0.2, 0.25) is 11.8 Å². The van der Waals surface area contributed by atoms with E-state index in [-0.39, 0.29) is 18.4 Å². The molecule has 3 aromatic rings. The lowest BCUT2D eigenvalue weighted by molar-refractivity contribution is -0.130. The molecule has 1 aromatic carbocycles. The molecular weight excluding hydrogens is 420 g/mol. The first-order chi connectivity index (χ1) is 14.5. The number of nitrogens with one attached hydrogen (secondary N) is 1. The minimum absolute atomic E-state index is 0.000879. The molecule has 1 N–H and O–H groups in total. The Morgan fingerprint density at radius 3 is 2.70 bits per heavy atom. The third-order valence-corrected chi connectivity index (χ3v) is 6.65. The van der Waals surface area contributed by atoms with Crippen LogP contribution >= 0.6 is 23.1 Å². The predicted octanol–water partition coefficient (Wildman–Crippen LogP) is 3.70. The van der Waals surface area contributed by atoms with E-state index in [0.29, 0.717) is 16.8 Å². The Morgan fingerprint density at radius 1 is 1.27 bits per heavy atom. The standard InChI is InChI=1S/C21H22N4O3S2/c1-13-8-17(14(2)25(13)15-4-6-16(28-3)7-5-15)18-10-30-21(22-18)23-19(26)9-24-12-29-11-20(24)27/h4-8,10H,9,11-12H2,1-3H3,(H,22,23,26). The fraction of sp³-hybridized carbons (Fsp3) is 0.286. The van der Waals surface area contributed by atoms with Crippen molar-refractivity contribution in [1.82, 2.24) is 14.5 Å². The van der Waals surface area contributed by atoms with E-state index >= 15 is 0 Å². The molecular formula is C21H22N4O3S2. The van der Waals surface area contributed by atoms with Crippen molar-refractivity contribution in [3.8, 4) is 22.7 Å². The van der Waals surface area contributed by atoms with Gasteiger partial charge in [0.1, 0.15) is 12.3 Å². The van der Waals surface area contributed by atoms with Crippen molar-refractivity contribution in [3.05, 3.63) is 47.1 Å². The summed E-state index contributed by atoms with van der Waals surface area (Å²) in [6.07, 6.45) is 0. The van der Waals surface area contributed by atoms with Gasteiger partial charge in [-0.15, -0.1) is 23.1 Å². The smallest absolute Gasteiger partial charge is 0.245 e. The van der Waals surface area contributed by atoms with Crippen LogP contribution in [0.2, 0.25) is 0 Å². The van der Waals surface area contributed by atoms with E-state index in [0.717, 1.165) is 34.1 Å². The van der Waals surface area contributed by atoms with Crippen LogP contribution in [0, 0.1) is 13.8 Å². The first kappa shape index (κ1) is 20.5. The number of carbonyl (C=O) groups is 2. The van der Waals surface area contributed by atoms with E-state index < -0.39 is 0 Å². The second-order valence-electron chi connectivity index (χ2n) is 6.97. The molecule has 4 rings (SSSR count). The summed E-state index contributed by atoms with van der Waals surface area (Å²) in [6, 6.07) is 10.0. The summed E-state index contributed by atoms with van der Waals surface area (Å²) >= 11 is 2.90. The molecule has 0 radical (unpaired) electrons. The molecule has 9 heteroatoms. The molecule has 2 aromatic heterocycles. The second-order valence-corrected chi connectivity index (χ2v) is 8.79. The molecule has 1 aliphatic rings. The number of carbonyl (C=O) groups excluding carboxylic acids is 2. The number of nitrogens with zero attached hydrogens (tertiary/aromatic N) is 3. The fourth-order valence-corrected chi connectivity index (χ4v) is 5.11. The Balaban J connectivity index is 1.52. The highest BCUT2D eigenvalue weighted by Crippen LogP contribution is 2.32. The fourth-order valence-electron chi connectivity index (χ4n) is 3.48. The zero-order chi connectivity index (χ0) is 21.3. The van der Waals surface area contributed by atoms with Gasteiger partial charge in [0.25, 0.3) is 0 Å². The van der Waals surface area contributed by atoms with E-state index in [9.17, 15) is 9.59 Å². The Labute approximate surface area is 183 Å². The van der Waals surface area contributed by atoms with Gasteiger partial charge in [-0.1, -0.05) is 0 Å². The lowest BCUT2D eigenvalue weighted by atomic mass is 10.2. The van der Waals surface area contributed by atoms with Crippen LogP contribution in [0.4, 0.5) is 5.13 Å². The van der Waals surface area contributed by atoms with Crippen molar-refractivity contribution in [2.75, 3.05) is 30.6 Å². The molecule has 7 nitrogen and oxygen atoms in total. The number of rotatable bonds is 6. The minimum Gasteiger partial charge on any atom is -0.497 e. The Morgan fingerprint density at radius 2 is 2.03 bits per heavy atom. The zero-order valence-electron chi connectivity index (χ0n) is 17.0. The summed E-state index contributed by atoms with van der Waals surface area (Å²) in [5.74, 6) is 1.59. The Hall–Kier alpha value is -2.78. The first-order valence-corrected chi connectivity index (χ1v) is 11.4. The van der Waals surface area contributed by atoms with Gasteiger partial charge in [0, 0.05) is 28.0 Å². The van der Waals surface area contributed by atoms with Crippen LogP contribution in [-0.2, 0) is 9.59 Å². The van der Waals surface area contributed by atoms with Crippen molar-refractivity contribution in [3.63, 3.8) is 0 Å². The van der Waals surface area contributed by atoms with Crippen LogP contribution in [0.5, 0.6) is 5.75 Å². The summed E-state index contributed by atoms with van der Waals surface area (Å²) in [6.45, 7) is 4.18. The van der Waals surface area contributed by atoms with E-state index in [4.69, 9.17) is 4.74 Å². The Bertz CT molecular complexity index is 1090. The molecule has 2 amide bonds. The van der Waals surface area contributed by atoms with Crippen LogP contribution in [0.1, 0.15) is 11.4 Å². The van der Waals surface area contributed by atoms with E-state index in [1.165, 1.54) is 23.1 Å². The molecule has 0 spiro atoms. The van der Waals surface area contributed by atoms with Gasteiger partial charge in [-0.05, 0) is 44.2 Å². The van der Waals surface area contributed by atoms with Crippen molar-refractivity contribution >= 4 is 40.0 Å². The maximum atomic E-state index is 12.3. The van der Waals surface area contributed by atoms with Crippen LogP contribution in [0.15, 0.2) is 35.7 Å². The number of amides is 2. The van der Waals surface area contributed by atoms with Crippen LogP contribution in [0.3, 0.4) is 0 Å². The first-order valence-electron chi connectivity index (χ1n) is 9.41. The average molecular weight is 443 g/mol. The third kappa shape index (κ3) is 4.08. The van der Waals surface area contributed by atoms with Gasteiger partial charge in [-0.25, -0.2) is 4.98 Å². The molecule has 156 valence electrons. The largest absolute Gasteiger partial charge is 0.497 e. The number of anilines is 1. The summed E-state index contributed by atoms with van der Waals surface area (Å²) in [5, 5.41) is 5.28. The molecule has 1 saturated heterocycles. The number of thiazole rings is 1. The maximum absolute atomic E-state index is 12.3. The number of benzene rings is 1. The highest BCUT2D eigenvalue weighted by Gasteiger charge is 2.23. The number of hydrogen-bond donors (Lipinski definition) is 1. The molecule has 0 unspecified atom stereocenters. The Kier molecular flexibility index (Phi) is 5.83. The normalized spacial score (nSPS) is 13.7. The molecule has 0 atom stereocenters. The quantitative estimate of drug-likeness (QED) is 0.630. The molecule has 3 heterocycles. The number of ether oxygens (including phenoxy) is 1.